The van der Waals surface area contributed by atoms with Gasteiger partial charge in [-0.25, -0.2) is 0 Å². The number of nitrogens with one attached hydrogen (secondary N) is 1. The molecule has 0 radical (unpaired) electrons. The maximum atomic E-state index is 12.4. The molecule has 2 aliphatic rings. The molecule has 1 amide bonds. The third kappa shape index (κ3) is 3.17. The van der Waals surface area contributed by atoms with E-state index in [0.29, 0.717) is 6.04 Å². The van der Waals surface area contributed by atoms with Gasteiger partial charge in [0.05, 0.1) is 5.56 Å². The lowest BCUT2D eigenvalue weighted by Crippen LogP contribution is -2.45. The third-order valence-electron chi connectivity index (χ3n) is 4.36. The van der Waals surface area contributed by atoms with Crippen molar-refractivity contribution in [3.8, 4) is 0 Å². The van der Waals surface area contributed by atoms with Gasteiger partial charge in [-0.1, -0.05) is 12.1 Å². The van der Waals surface area contributed by atoms with E-state index in [1.165, 1.54) is 18.4 Å². The van der Waals surface area contributed by atoms with Gasteiger partial charge in [0, 0.05) is 28.7 Å². The molecule has 1 aliphatic heterocycles. The molecule has 0 bridgehead atoms. The van der Waals surface area contributed by atoms with Crippen LogP contribution in [0, 0.1) is 10.5 Å². The van der Waals surface area contributed by atoms with Crippen LogP contribution in [0.3, 0.4) is 0 Å². The monoisotopic (exact) mass is 384 g/mol. The summed E-state index contributed by atoms with van der Waals surface area (Å²) in [7, 11) is 0. The van der Waals surface area contributed by atoms with Gasteiger partial charge in [0.25, 0.3) is 5.91 Å². The van der Waals surface area contributed by atoms with Gasteiger partial charge in [-0.05, 0) is 66.8 Å². The van der Waals surface area contributed by atoms with Gasteiger partial charge >= 0.3 is 0 Å². The minimum absolute atomic E-state index is 0.0861. The van der Waals surface area contributed by atoms with Crippen molar-refractivity contribution in [2.24, 2.45) is 0 Å². The minimum atomic E-state index is 0.0861. The molecule has 3 rings (SSSR count). The molecule has 1 aromatic carbocycles. The Balaban J connectivity index is 1.57. The second kappa shape index (κ2) is 6.02. The number of halogens is 1. The molecule has 1 aromatic rings. The van der Waals surface area contributed by atoms with Crippen molar-refractivity contribution in [2.45, 2.75) is 44.7 Å². The maximum Gasteiger partial charge on any atom is 0.252 e. The highest BCUT2D eigenvalue weighted by Gasteiger charge is 2.32. The largest absolute Gasteiger partial charge is 0.349 e. The summed E-state index contributed by atoms with van der Waals surface area (Å²) in [5.74, 6) is 0.0861. The molecule has 108 valence electrons. The van der Waals surface area contributed by atoms with E-state index in [9.17, 15) is 4.79 Å². The summed E-state index contributed by atoms with van der Waals surface area (Å²) in [4.78, 5) is 15.0. The standard InChI is InChI=1S/C16H21IN2O/c1-11-3-2-4-14(15(11)17)16(20)18-12-7-9-19(10-8-12)13-5-6-13/h2-4,12-13H,5-10H2,1H3,(H,18,20). The van der Waals surface area contributed by atoms with Crippen molar-refractivity contribution >= 4 is 28.5 Å². The molecule has 0 aromatic heterocycles. The Hall–Kier alpha value is -0.620. The Morgan fingerprint density at radius 3 is 2.60 bits per heavy atom. The second-order valence-electron chi connectivity index (χ2n) is 5.95. The first-order chi connectivity index (χ1) is 9.65. The lowest BCUT2D eigenvalue weighted by Gasteiger charge is -2.32. The summed E-state index contributed by atoms with van der Waals surface area (Å²) >= 11 is 2.27. The number of piperidine rings is 1. The van der Waals surface area contributed by atoms with E-state index in [2.05, 4.69) is 32.8 Å². The minimum Gasteiger partial charge on any atom is -0.349 e. The lowest BCUT2D eigenvalue weighted by atomic mass is 10.0. The summed E-state index contributed by atoms with van der Waals surface area (Å²) in [5, 5.41) is 3.21. The number of nitrogens with zero attached hydrogens (tertiary/aromatic N) is 1. The van der Waals surface area contributed by atoms with Gasteiger partial charge in [-0.2, -0.15) is 0 Å². The topological polar surface area (TPSA) is 32.3 Å². The van der Waals surface area contributed by atoms with E-state index in [1.54, 1.807) is 0 Å². The number of amides is 1. The number of hydrogen-bond donors (Lipinski definition) is 1. The number of likely N-dealkylation sites (tertiary alicyclic amines) is 1. The van der Waals surface area contributed by atoms with E-state index in [-0.39, 0.29) is 5.91 Å². The lowest BCUT2D eigenvalue weighted by molar-refractivity contribution is 0.0908. The van der Waals surface area contributed by atoms with Crippen molar-refractivity contribution in [1.29, 1.82) is 0 Å². The Bertz CT molecular complexity index is 505. The Labute approximate surface area is 134 Å². The number of carbonyl (C=O) groups excluding carboxylic acids is 1. The van der Waals surface area contributed by atoms with E-state index in [0.717, 1.165) is 41.1 Å². The highest BCUT2D eigenvalue weighted by atomic mass is 127. The van der Waals surface area contributed by atoms with Crippen molar-refractivity contribution < 1.29 is 4.79 Å². The predicted molar refractivity (Wildman–Crippen MR) is 89.0 cm³/mol. The van der Waals surface area contributed by atoms with Gasteiger partial charge in [0.2, 0.25) is 0 Å². The van der Waals surface area contributed by atoms with Crippen molar-refractivity contribution in [2.75, 3.05) is 13.1 Å². The Kier molecular flexibility index (Phi) is 4.31. The fourth-order valence-corrected chi connectivity index (χ4v) is 3.54. The molecule has 1 saturated heterocycles. The molecular formula is C16H21IN2O. The molecule has 4 heteroatoms. The molecule has 0 unspecified atom stereocenters. The zero-order valence-electron chi connectivity index (χ0n) is 11.9. The van der Waals surface area contributed by atoms with E-state index in [1.807, 2.05) is 25.1 Å². The smallest absolute Gasteiger partial charge is 0.252 e. The van der Waals surface area contributed by atoms with Crippen LogP contribution in [0.15, 0.2) is 18.2 Å². The third-order valence-corrected chi connectivity index (χ3v) is 5.80. The van der Waals surface area contributed by atoms with Crippen LogP contribution in [0.2, 0.25) is 0 Å². The van der Waals surface area contributed by atoms with Crippen LogP contribution in [0.4, 0.5) is 0 Å². The fourth-order valence-electron chi connectivity index (χ4n) is 2.93. The molecule has 1 heterocycles. The zero-order valence-corrected chi connectivity index (χ0v) is 14.0. The number of carbonyl (C=O) groups is 1. The van der Waals surface area contributed by atoms with Crippen LogP contribution in [-0.4, -0.2) is 36.0 Å². The van der Waals surface area contributed by atoms with Crippen LogP contribution >= 0.6 is 22.6 Å². The number of hydrogen-bond acceptors (Lipinski definition) is 2. The first-order valence-electron chi connectivity index (χ1n) is 7.45. The molecule has 1 N–H and O–H groups in total. The summed E-state index contributed by atoms with van der Waals surface area (Å²) in [6.45, 7) is 4.33. The molecule has 3 nitrogen and oxygen atoms in total. The predicted octanol–water partition coefficient (Wildman–Crippen LogP) is 2.96. The normalized spacial score (nSPS) is 20.9. The SMILES string of the molecule is Cc1cccc(C(=O)NC2CCN(C3CC3)CC2)c1I. The van der Waals surface area contributed by atoms with Crippen LogP contribution in [-0.2, 0) is 0 Å². The molecule has 1 aliphatic carbocycles. The van der Waals surface area contributed by atoms with Crippen LogP contribution < -0.4 is 5.32 Å². The van der Waals surface area contributed by atoms with Gasteiger partial charge in [-0.3, -0.25) is 4.79 Å². The average Bonchev–Trinajstić information content (AvgIpc) is 3.27. The summed E-state index contributed by atoms with van der Waals surface area (Å²) in [5.41, 5.74) is 1.98. The summed E-state index contributed by atoms with van der Waals surface area (Å²) in [6.07, 6.45) is 4.92. The first kappa shape index (κ1) is 14.3. The first-order valence-corrected chi connectivity index (χ1v) is 8.53. The van der Waals surface area contributed by atoms with Gasteiger partial charge in [-0.15, -0.1) is 0 Å². The zero-order chi connectivity index (χ0) is 14.1. The molecular weight excluding hydrogens is 363 g/mol. The highest BCUT2D eigenvalue weighted by molar-refractivity contribution is 14.1. The molecule has 2 fully saturated rings. The summed E-state index contributed by atoms with van der Waals surface area (Å²) in [6, 6.07) is 7.12. The Morgan fingerprint density at radius 1 is 1.25 bits per heavy atom. The number of aryl methyl sites for hydroxylation is 1. The average molecular weight is 384 g/mol. The van der Waals surface area contributed by atoms with E-state index in [4.69, 9.17) is 0 Å². The molecule has 1 saturated carbocycles. The van der Waals surface area contributed by atoms with Crippen LogP contribution in [0.25, 0.3) is 0 Å². The van der Waals surface area contributed by atoms with E-state index < -0.39 is 0 Å². The van der Waals surface area contributed by atoms with Crippen LogP contribution in [0.5, 0.6) is 0 Å². The Morgan fingerprint density at radius 2 is 1.95 bits per heavy atom. The highest BCUT2D eigenvalue weighted by Crippen LogP contribution is 2.29. The molecule has 20 heavy (non-hydrogen) atoms. The van der Waals surface area contributed by atoms with Gasteiger partial charge < -0.3 is 10.2 Å². The maximum absolute atomic E-state index is 12.4. The second-order valence-corrected chi connectivity index (χ2v) is 7.03. The van der Waals surface area contributed by atoms with Crippen LogP contribution in [0.1, 0.15) is 41.6 Å². The van der Waals surface area contributed by atoms with E-state index >= 15 is 0 Å². The summed E-state index contributed by atoms with van der Waals surface area (Å²) < 4.78 is 1.07. The van der Waals surface area contributed by atoms with Crippen molar-refractivity contribution in [3.05, 3.63) is 32.9 Å². The number of benzene rings is 1. The van der Waals surface area contributed by atoms with Crippen molar-refractivity contribution in [1.82, 2.24) is 10.2 Å². The number of rotatable bonds is 3. The van der Waals surface area contributed by atoms with Gasteiger partial charge in [0.1, 0.15) is 0 Å². The van der Waals surface area contributed by atoms with Crippen molar-refractivity contribution in [3.63, 3.8) is 0 Å². The quantitative estimate of drug-likeness (QED) is 0.813. The van der Waals surface area contributed by atoms with Gasteiger partial charge in [0.15, 0.2) is 0 Å². The molecule has 0 atom stereocenters. The fraction of sp³-hybridized carbons (Fsp3) is 0.562. The molecule has 0 spiro atoms.